The van der Waals surface area contributed by atoms with Gasteiger partial charge in [0.2, 0.25) is 0 Å². The average Bonchev–Trinajstić information content (AvgIpc) is 2.98. The molecule has 2 unspecified atom stereocenters. The van der Waals surface area contributed by atoms with Crippen molar-refractivity contribution in [3.8, 4) is 11.3 Å². The second-order valence-corrected chi connectivity index (χ2v) is 6.66. The van der Waals surface area contributed by atoms with Gasteiger partial charge in [0.15, 0.2) is 0 Å². The highest BCUT2D eigenvalue weighted by atomic mass is 32.1. The first kappa shape index (κ1) is 13.8. The fraction of sp³-hybridized carbons (Fsp3) is 0.471. The van der Waals surface area contributed by atoms with Crippen molar-refractivity contribution < 1.29 is 4.74 Å². The molecule has 106 valence electrons. The Morgan fingerprint density at radius 1 is 1.30 bits per heavy atom. The summed E-state index contributed by atoms with van der Waals surface area (Å²) < 4.78 is 5.93. The minimum Gasteiger partial charge on any atom is -0.371 e. The van der Waals surface area contributed by atoms with Crippen molar-refractivity contribution in [3.63, 3.8) is 0 Å². The van der Waals surface area contributed by atoms with Crippen LogP contribution in [0.15, 0.2) is 35.7 Å². The number of rotatable bonds is 3. The Morgan fingerprint density at radius 2 is 2.10 bits per heavy atom. The molecular formula is C17H21NOS. The smallest absolute Gasteiger partial charge is 0.125 e. The van der Waals surface area contributed by atoms with E-state index in [0.717, 1.165) is 23.5 Å². The Morgan fingerprint density at radius 3 is 2.80 bits per heavy atom. The predicted octanol–water partition coefficient (Wildman–Crippen LogP) is 4.86. The van der Waals surface area contributed by atoms with Crippen LogP contribution in [-0.4, -0.2) is 12.1 Å². The molecule has 0 amide bonds. The van der Waals surface area contributed by atoms with E-state index in [9.17, 15) is 0 Å². The number of ether oxygens (including phenoxy) is 1. The van der Waals surface area contributed by atoms with E-state index in [1.807, 2.05) is 13.2 Å². The molecule has 1 aromatic heterocycles. The summed E-state index contributed by atoms with van der Waals surface area (Å²) in [5.41, 5.74) is 2.10. The summed E-state index contributed by atoms with van der Waals surface area (Å²) in [4.78, 5) is 4.88. The number of benzene rings is 1. The number of aromatic nitrogens is 1. The van der Waals surface area contributed by atoms with E-state index in [0.29, 0.717) is 5.92 Å². The summed E-state index contributed by atoms with van der Waals surface area (Å²) >= 11 is 1.74. The van der Waals surface area contributed by atoms with Gasteiger partial charge in [0.05, 0.1) is 5.69 Å². The lowest BCUT2D eigenvalue weighted by Gasteiger charge is -2.37. The molecule has 20 heavy (non-hydrogen) atoms. The van der Waals surface area contributed by atoms with E-state index in [4.69, 9.17) is 9.72 Å². The van der Waals surface area contributed by atoms with Crippen LogP contribution in [0.5, 0.6) is 0 Å². The molecule has 0 saturated heterocycles. The molecule has 0 N–H and O–H groups in total. The second-order valence-electron chi connectivity index (χ2n) is 5.80. The molecular weight excluding hydrogens is 266 g/mol. The van der Waals surface area contributed by atoms with Crippen molar-refractivity contribution in [2.24, 2.45) is 5.92 Å². The predicted molar refractivity (Wildman–Crippen MR) is 83.9 cm³/mol. The van der Waals surface area contributed by atoms with Gasteiger partial charge in [0, 0.05) is 18.1 Å². The third kappa shape index (κ3) is 2.52. The zero-order chi connectivity index (χ0) is 14.0. The molecule has 2 atom stereocenters. The van der Waals surface area contributed by atoms with Gasteiger partial charge in [0.1, 0.15) is 10.6 Å². The van der Waals surface area contributed by atoms with Crippen LogP contribution in [0.3, 0.4) is 0 Å². The SMILES string of the molecule is COC1(c2nc(-c3ccccc3)cs2)CCCC(C)C1. The third-order valence-corrected chi connectivity index (χ3v) is 5.34. The second kappa shape index (κ2) is 5.66. The van der Waals surface area contributed by atoms with Crippen molar-refractivity contribution in [2.45, 2.75) is 38.2 Å². The molecule has 2 nitrogen and oxygen atoms in total. The summed E-state index contributed by atoms with van der Waals surface area (Å²) in [5, 5.41) is 3.30. The number of hydrogen-bond acceptors (Lipinski definition) is 3. The largest absolute Gasteiger partial charge is 0.371 e. The first-order chi connectivity index (χ1) is 9.73. The third-order valence-electron chi connectivity index (χ3n) is 4.31. The van der Waals surface area contributed by atoms with Gasteiger partial charge in [-0.1, -0.05) is 43.7 Å². The molecule has 0 bridgehead atoms. The van der Waals surface area contributed by atoms with Crippen LogP contribution in [0.2, 0.25) is 0 Å². The van der Waals surface area contributed by atoms with E-state index in [2.05, 4.69) is 36.6 Å². The van der Waals surface area contributed by atoms with Crippen LogP contribution in [-0.2, 0) is 10.3 Å². The molecule has 1 aliphatic rings. The maximum Gasteiger partial charge on any atom is 0.125 e. The summed E-state index contributed by atoms with van der Waals surface area (Å²) in [5.74, 6) is 0.716. The normalized spacial score (nSPS) is 26.6. The lowest BCUT2D eigenvalue weighted by molar-refractivity contribution is -0.0579. The van der Waals surface area contributed by atoms with E-state index in [1.165, 1.54) is 18.4 Å². The molecule has 0 radical (unpaired) electrons. The molecule has 1 aliphatic carbocycles. The summed E-state index contributed by atoms with van der Waals surface area (Å²) in [7, 11) is 1.83. The minimum atomic E-state index is -0.157. The van der Waals surface area contributed by atoms with Gasteiger partial charge >= 0.3 is 0 Å². The first-order valence-corrected chi connectivity index (χ1v) is 8.18. The van der Waals surface area contributed by atoms with Crippen molar-refractivity contribution >= 4 is 11.3 Å². The fourth-order valence-corrected chi connectivity index (χ4v) is 4.24. The zero-order valence-corrected chi connectivity index (χ0v) is 13.0. The van der Waals surface area contributed by atoms with Gasteiger partial charge in [-0.3, -0.25) is 0 Å². The van der Waals surface area contributed by atoms with Crippen LogP contribution in [0.25, 0.3) is 11.3 Å². The average molecular weight is 287 g/mol. The number of hydrogen-bond donors (Lipinski definition) is 0. The standard InChI is InChI=1S/C17H21NOS/c1-13-7-6-10-17(11-13,19-2)16-18-15(12-20-16)14-8-4-3-5-9-14/h3-5,8-9,12-13H,6-7,10-11H2,1-2H3. The van der Waals surface area contributed by atoms with Gasteiger partial charge in [-0.15, -0.1) is 11.3 Å². The van der Waals surface area contributed by atoms with Crippen LogP contribution in [0.4, 0.5) is 0 Å². The molecule has 3 rings (SSSR count). The summed E-state index contributed by atoms with van der Waals surface area (Å²) in [6, 6.07) is 10.4. The quantitative estimate of drug-likeness (QED) is 0.804. The van der Waals surface area contributed by atoms with E-state index in [1.54, 1.807) is 11.3 Å². The minimum absolute atomic E-state index is 0.157. The van der Waals surface area contributed by atoms with Crippen molar-refractivity contribution in [1.82, 2.24) is 4.98 Å². The Kier molecular flexibility index (Phi) is 3.90. The molecule has 3 heteroatoms. The zero-order valence-electron chi connectivity index (χ0n) is 12.1. The molecule has 1 fully saturated rings. The maximum absolute atomic E-state index is 5.93. The van der Waals surface area contributed by atoms with E-state index in [-0.39, 0.29) is 5.60 Å². The highest BCUT2D eigenvalue weighted by molar-refractivity contribution is 7.10. The van der Waals surface area contributed by atoms with Crippen molar-refractivity contribution in [1.29, 1.82) is 0 Å². The van der Waals surface area contributed by atoms with E-state index >= 15 is 0 Å². The number of methoxy groups -OCH3 is 1. The Labute approximate surface area is 124 Å². The first-order valence-electron chi connectivity index (χ1n) is 7.30. The van der Waals surface area contributed by atoms with Gasteiger partial charge < -0.3 is 4.74 Å². The summed E-state index contributed by atoms with van der Waals surface area (Å²) in [6.45, 7) is 2.32. The van der Waals surface area contributed by atoms with Gasteiger partial charge in [-0.05, 0) is 25.2 Å². The fourth-order valence-electron chi connectivity index (χ4n) is 3.19. The molecule has 0 aliphatic heterocycles. The molecule has 1 heterocycles. The van der Waals surface area contributed by atoms with Crippen molar-refractivity contribution in [2.75, 3.05) is 7.11 Å². The van der Waals surface area contributed by atoms with Gasteiger partial charge in [-0.2, -0.15) is 0 Å². The lowest BCUT2D eigenvalue weighted by atomic mass is 9.79. The molecule has 0 spiro atoms. The Balaban J connectivity index is 1.92. The van der Waals surface area contributed by atoms with Gasteiger partial charge in [-0.25, -0.2) is 4.98 Å². The van der Waals surface area contributed by atoms with Crippen LogP contribution in [0.1, 0.15) is 37.6 Å². The summed E-state index contributed by atoms with van der Waals surface area (Å²) in [6.07, 6.45) is 4.72. The maximum atomic E-state index is 5.93. The molecule has 1 aromatic carbocycles. The van der Waals surface area contributed by atoms with Crippen LogP contribution in [0, 0.1) is 5.92 Å². The number of nitrogens with zero attached hydrogens (tertiary/aromatic N) is 1. The number of thiazole rings is 1. The topological polar surface area (TPSA) is 22.1 Å². The van der Waals surface area contributed by atoms with Crippen molar-refractivity contribution in [3.05, 3.63) is 40.7 Å². The molecule has 2 aromatic rings. The highest BCUT2D eigenvalue weighted by Gasteiger charge is 2.39. The van der Waals surface area contributed by atoms with Crippen LogP contribution >= 0.6 is 11.3 Å². The Hall–Kier alpha value is -1.19. The Bertz CT molecular complexity index is 565. The monoisotopic (exact) mass is 287 g/mol. The van der Waals surface area contributed by atoms with Gasteiger partial charge in [0.25, 0.3) is 0 Å². The highest BCUT2D eigenvalue weighted by Crippen LogP contribution is 2.44. The van der Waals surface area contributed by atoms with Crippen LogP contribution < -0.4 is 0 Å². The lowest BCUT2D eigenvalue weighted by Crippen LogP contribution is -2.34. The molecule has 1 saturated carbocycles. The van der Waals surface area contributed by atoms with E-state index < -0.39 is 0 Å².